The number of hydrogen-bond donors (Lipinski definition) is 1. The van der Waals surface area contributed by atoms with E-state index < -0.39 is 0 Å². The second-order valence-corrected chi connectivity index (χ2v) is 9.08. The number of carbonyl (C=O) groups is 1. The van der Waals surface area contributed by atoms with Gasteiger partial charge in [0.2, 0.25) is 5.91 Å². The Morgan fingerprint density at radius 3 is 2.68 bits per heavy atom. The van der Waals surface area contributed by atoms with Crippen molar-refractivity contribution in [2.45, 2.75) is 20.3 Å². The molecule has 0 fully saturated rings. The number of anilines is 1. The van der Waals surface area contributed by atoms with Gasteiger partial charge in [-0.2, -0.15) is 0 Å². The van der Waals surface area contributed by atoms with E-state index in [1.807, 2.05) is 47.8 Å². The standard InChI is InChI=1S/C24H25BrN2O3S/c1-16(2)12-13-30-21-10-4-17(14-22(21)29-3)5-11-23(28)27-24-26-20(15-31-24)18-6-8-19(25)9-7-18/h4-11,14-16H,12-13H2,1-3H3,(H,26,27,28). The number of benzene rings is 2. The fraction of sp³-hybridized carbons (Fsp3) is 0.250. The zero-order chi connectivity index (χ0) is 22.2. The molecule has 2 aromatic carbocycles. The van der Waals surface area contributed by atoms with E-state index in [1.165, 1.54) is 17.4 Å². The van der Waals surface area contributed by atoms with Crippen LogP contribution in [0.5, 0.6) is 11.5 Å². The van der Waals surface area contributed by atoms with Crippen molar-refractivity contribution >= 4 is 44.4 Å². The molecule has 0 aliphatic carbocycles. The van der Waals surface area contributed by atoms with Gasteiger partial charge in [0.1, 0.15) is 0 Å². The lowest BCUT2D eigenvalue weighted by Gasteiger charge is -2.12. The highest BCUT2D eigenvalue weighted by molar-refractivity contribution is 9.10. The summed E-state index contributed by atoms with van der Waals surface area (Å²) in [5.41, 5.74) is 2.67. The molecule has 1 N–H and O–H groups in total. The number of carbonyl (C=O) groups excluding carboxylic acids is 1. The number of hydrogen-bond acceptors (Lipinski definition) is 5. The van der Waals surface area contributed by atoms with Gasteiger partial charge in [-0.1, -0.05) is 48.0 Å². The molecule has 0 radical (unpaired) electrons. The Morgan fingerprint density at radius 1 is 1.19 bits per heavy atom. The Balaban J connectivity index is 1.60. The summed E-state index contributed by atoms with van der Waals surface area (Å²) in [5, 5.41) is 5.29. The van der Waals surface area contributed by atoms with Crippen LogP contribution in [0.4, 0.5) is 5.13 Å². The third kappa shape index (κ3) is 6.94. The van der Waals surface area contributed by atoms with Crippen molar-refractivity contribution in [2.24, 2.45) is 5.92 Å². The maximum absolute atomic E-state index is 12.3. The molecule has 0 bridgehead atoms. The van der Waals surface area contributed by atoms with Gasteiger partial charge in [0.25, 0.3) is 0 Å². The lowest BCUT2D eigenvalue weighted by atomic mass is 10.1. The Hall–Kier alpha value is -2.64. The number of nitrogens with one attached hydrogen (secondary N) is 1. The van der Waals surface area contributed by atoms with Gasteiger partial charge in [-0.25, -0.2) is 4.98 Å². The Kier molecular flexibility index (Phi) is 8.26. The van der Waals surface area contributed by atoms with E-state index in [9.17, 15) is 4.79 Å². The first kappa shape index (κ1) is 23.0. The van der Waals surface area contributed by atoms with Crippen LogP contribution in [-0.4, -0.2) is 24.6 Å². The van der Waals surface area contributed by atoms with Crippen molar-refractivity contribution in [2.75, 3.05) is 19.0 Å². The number of methoxy groups -OCH3 is 1. The Labute approximate surface area is 195 Å². The molecule has 3 rings (SSSR count). The van der Waals surface area contributed by atoms with Crippen LogP contribution in [0.25, 0.3) is 17.3 Å². The summed E-state index contributed by atoms with van der Waals surface area (Å²) in [7, 11) is 1.61. The van der Waals surface area contributed by atoms with E-state index in [0.29, 0.717) is 29.2 Å². The molecule has 31 heavy (non-hydrogen) atoms. The fourth-order valence-corrected chi connectivity index (χ4v) is 3.70. The number of aromatic nitrogens is 1. The molecule has 0 saturated heterocycles. The number of halogens is 1. The zero-order valence-corrected chi connectivity index (χ0v) is 20.1. The fourth-order valence-electron chi connectivity index (χ4n) is 2.72. The second kappa shape index (κ2) is 11.1. The summed E-state index contributed by atoms with van der Waals surface area (Å²) in [5.74, 6) is 1.68. The number of ether oxygens (including phenoxy) is 2. The van der Waals surface area contributed by atoms with Crippen molar-refractivity contribution in [3.05, 3.63) is 64.0 Å². The van der Waals surface area contributed by atoms with Crippen LogP contribution in [0.1, 0.15) is 25.8 Å². The summed E-state index contributed by atoms with van der Waals surface area (Å²) in [4.78, 5) is 16.8. The van der Waals surface area contributed by atoms with Gasteiger partial charge in [0, 0.05) is 21.5 Å². The predicted octanol–water partition coefficient (Wildman–Crippen LogP) is 6.66. The lowest BCUT2D eigenvalue weighted by Crippen LogP contribution is -2.07. The van der Waals surface area contributed by atoms with Gasteiger partial charge >= 0.3 is 0 Å². The van der Waals surface area contributed by atoms with Crippen LogP contribution in [0.3, 0.4) is 0 Å². The summed E-state index contributed by atoms with van der Waals surface area (Å²) in [6.07, 6.45) is 4.19. The first-order chi connectivity index (χ1) is 14.9. The van der Waals surface area contributed by atoms with E-state index in [0.717, 1.165) is 27.7 Å². The molecular weight excluding hydrogens is 476 g/mol. The lowest BCUT2D eigenvalue weighted by molar-refractivity contribution is -0.111. The van der Waals surface area contributed by atoms with Crippen molar-refractivity contribution in [3.63, 3.8) is 0 Å². The Morgan fingerprint density at radius 2 is 1.97 bits per heavy atom. The van der Waals surface area contributed by atoms with Crippen LogP contribution in [0.2, 0.25) is 0 Å². The second-order valence-electron chi connectivity index (χ2n) is 7.31. The monoisotopic (exact) mass is 500 g/mol. The van der Waals surface area contributed by atoms with Crippen LogP contribution < -0.4 is 14.8 Å². The SMILES string of the molecule is COc1cc(C=CC(=O)Nc2nc(-c3ccc(Br)cc3)cs2)ccc1OCCC(C)C. The largest absolute Gasteiger partial charge is 0.493 e. The van der Waals surface area contributed by atoms with Crippen molar-refractivity contribution < 1.29 is 14.3 Å². The highest BCUT2D eigenvalue weighted by atomic mass is 79.9. The van der Waals surface area contributed by atoms with Crippen LogP contribution in [0, 0.1) is 5.92 Å². The van der Waals surface area contributed by atoms with Gasteiger partial charge in [0.15, 0.2) is 16.6 Å². The minimum absolute atomic E-state index is 0.243. The van der Waals surface area contributed by atoms with Gasteiger partial charge in [-0.15, -0.1) is 11.3 Å². The van der Waals surface area contributed by atoms with Gasteiger partial charge < -0.3 is 9.47 Å². The molecule has 1 amide bonds. The quantitative estimate of drug-likeness (QED) is 0.333. The molecule has 0 aliphatic heterocycles. The first-order valence-corrected chi connectivity index (χ1v) is 11.6. The molecule has 0 saturated carbocycles. The maximum Gasteiger partial charge on any atom is 0.250 e. The summed E-state index contributed by atoms with van der Waals surface area (Å²) >= 11 is 4.82. The molecule has 5 nitrogen and oxygen atoms in total. The van der Waals surface area contributed by atoms with Gasteiger partial charge in [0.05, 0.1) is 19.4 Å². The van der Waals surface area contributed by atoms with Crippen LogP contribution in [-0.2, 0) is 4.79 Å². The smallest absolute Gasteiger partial charge is 0.250 e. The molecule has 162 valence electrons. The molecular formula is C24H25BrN2O3S. The predicted molar refractivity (Wildman–Crippen MR) is 131 cm³/mol. The minimum atomic E-state index is -0.243. The molecule has 0 aliphatic rings. The number of rotatable bonds is 9. The average molecular weight is 501 g/mol. The Bertz CT molecular complexity index is 1050. The summed E-state index contributed by atoms with van der Waals surface area (Å²) < 4.78 is 12.2. The van der Waals surface area contributed by atoms with E-state index in [1.54, 1.807) is 13.2 Å². The number of nitrogens with zero attached hydrogens (tertiary/aromatic N) is 1. The van der Waals surface area contributed by atoms with Crippen LogP contribution >= 0.6 is 27.3 Å². The third-order valence-corrected chi connectivity index (χ3v) is 5.73. The third-order valence-electron chi connectivity index (χ3n) is 4.44. The molecule has 0 spiro atoms. The summed E-state index contributed by atoms with van der Waals surface area (Å²) in [6.45, 7) is 4.96. The topological polar surface area (TPSA) is 60.5 Å². The molecule has 7 heteroatoms. The maximum atomic E-state index is 12.3. The van der Waals surface area contributed by atoms with Crippen molar-refractivity contribution in [3.8, 4) is 22.8 Å². The first-order valence-electron chi connectivity index (χ1n) is 9.96. The van der Waals surface area contributed by atoms with E-state index in [2.05, 4.69) is 40.1 Å². The zero-order valence-electron chi connectivity index (χ0n) is 17.7. The normalized spacial score (nSPS) is 11.1. The molecule has 1 heterocycles. The highest BCUT2D eigenvalue weighted by Crippen LogP contribution is 2.29. The summed E-state index contributed by atoms with van der Waals surface area (Å²) in [6, 6.07) is 13.5. The highest BCUT2D eigenvalue weighted by Gasteiger charge is 2.08. The van der Waals surface area contributed by atoms with Crippen molar-refractivity contribution in [1.82, 2.24) is 4.98 Å². The van der Waals surface area contributed by atoms with Crippen molar-refractivity contribution in [1.29, 1.82) is 0 Å². The molecule has 3 aromatic rings. The van der Waals surface area contributed by atoms with Gasteiger partial charge in [-0.3, -0.25) is 10.1 Å². The molecule has 1 aromatic heterocycles. The average Bonchev–Trinajstić information content (AvgIpc) is 3.21. The van der Waals surface area contributed by atoms with Crippen LogP contribution in [0.15, 0.2) is 58.4 Å². The van der Waals surface area contributed by atoms with Gasteiger partial charge in [-0.05, 0) is 48.2 Å². The van der Waals surface area contributed by atoms with E-state index >= 15 is 0 Å². The number of amides is 1. The van der Waals surface area contributed by atoms with E-state index in [4.69, 9.17) is 9.47 Å². The minimum Gasteiger partial charge on any atom is -0.493 e. The van der Waals surface area contributed by atoms with E-state index in [-0.39, 0.29) is 5.91 Å². The molecule has 0 atom stereocenters. The number of thiazole rings is 1. The molecule has 0 unspecified atom stereocenters.